The molecule has 3 rings (SSSR count). The molecule has 0 aliphatic rings. The first-order valence-electron chi connectivity index (χ1n) is 10.2. The lowest BCUT2D eigenvalue weighted by Gasteiger charge is -2.19. The number of benzene rings is 1. The summed E-state index contributed by atoms with van der Waals surface area (Å²) in [5.41, 5.74) is 0.865. The average molecular weight is 455 g/mol. The van der Waals surface area contributed by atoms with Gasteiger partial charge in [-0.2, -0.15) is 0 Å². The summed E-state index contributed by atoms with van der Waals surface area (Å²) in [4.78, 5) is 41.6. The number of aromatic nitrogens is 2. The van der Waals surface area contributed by atoms with Crippen LogP contribution in [0.15, 0.2) is 54.2 Å². The van der Waals surface area contributed by atoms with Crippen molar-refractivity contribution in [2.75, 3.05) is 13.7 Å². The largest absolute Gasteiger partial charge is 0.497 e. The Morgan fingerprint density at radius 2 is 1.88 bits per heavy atom. The topological polar surface area (TPSA) is 102 Å². The molecule has 168 valence electrons. The van der Waals surface area contributed by atoms with E-state index in [1.54, 1.807) is 25.4 Å². The van der Waals surface area contributed by atoms with Crippen LogP contribution in [0.4, 0.5) is 0 Å². The fraction of sp³-hybridized carbons (Fsp3) is 0.304. The van der Waals surface area contributed by atoms with Crippen LogP contribution in [0.3, 0.4) is 0 Å². The van der Waals surface area contributed by atoms with Crippen molar-refractivity contribution in [1.82, 2.24) is 20.2 Å². The van der Waals surface area contributed by atoms with Gasteiger partial charge in [-0.3, -0.25) is 14.4 Å². The lowest BCUT2D eigenvalue weighted by atomic mass is 10.1. The van der Waals surface area contributed by atoms with Gasteiger partial charge in [-0.1, -0.05) is 18.2 Å². The van der Waals surface area contributed by atoms with Gasteiger partial charge in [0.2, 0.25) is 11.8 Å². The number of thiophene rings is 1. The number of amides is 2. The number of carbonyl (C=O) groups excluding carboxylic acids is 3. The molecule has 3 aromatic rings. The van der Waals surface area contributed by atoms with E-state index in [1.807, 2.05) is 47.5 Å². The van der Waals surface area contributed by atoms with E-state index in [2.05, 4.69) is 15.6 Å². The molecule has 0 saturated carbocycles. The number of aryl methyl sites for hydroxylation is 1. The van der Waals surface area contributed by atoms with Crippen LogP contribution < -0.4 is 15.4 Å². The summed E-state index contributed by atoms with van der Waals surface area (Å²) in [5.74, 6) is 0.895. The molecule has 1 aromatic carbocycles. The maximum atomic E-state index is 12.6. The zero-order valence-electron chi connectivity index (χ0n) is 18.0. The van der Waals surface area contributed by atoms with Crippen LogP contribution in [0.2, 0.25) is 0 Å². The molecule has 0 radical (unpaired) electrons. The van der Waals surface area contributed by atoms with Crippen LogP contribution in [0.25, 0.3) is 0 Å². The molecule has 1 atom stereocenters. The van der Waals surface area contributed by atoms with Crippen molar-refractivity contribution in [3.8, 4) is 5.75 Å². The Morgan fingerprint density at radius 3 is 2.50 bits per heavy atom. The fourth-order valence-electron chi connectivity index (χ4n) is 3.17. The first-order chi connectivity index (χ1) is 15.5. The SMILES string of the molecule is COc1ccc(C(NC(=O)CCNC(=O)CCC(=O)c2cccs2)c2nccn2C)cc1. The molecule has 0 aliphatic carbocycles. The molecule has 9 heteroatoms. The first-order valence-corrected chi connectivity index (χ1v) is 11.1. The number of hydrogen-bond donors (Lipinski definition) is 2. The third kappa shape index (κ3) is 6.27. The second-order valence-electron chi connectivity index (χ2n) is 7.17. The summed E-state index contributed by atoms with van der Waals surface area (Å²) in [6, 6.07) is 10.5. The zero-order valence-corrected chi connectivity index (χ0v) is 18.9. The third-order valence-electron chi connectivity index (χ3n) is 4.92. The Kier molecular flexibility index (Phi) is 8.15. The molecule has 2 amide bonds. The minimum absolute atomic E-state index is 0.0507. The van der Waals surface area contributed by atoms with E-state index in [1.165, 1.54) is 11.3 Å². The van der Waals surface area contributed by atoms with Crippen molar-refractivity contribution in [1.29, 1.82) is 0 Å². The minimum Gasteiger partial charge on any atom is -0.497 e. The van der Waals surface area contributed by atoms with E-state index in [4.69, 9.17) is 4.74 Å². The van der Waals surface area contributed by atoms with Gasteiger partial charge in [-0.25, -0.2) is 4.98 Å². The number of carbonyl (C=O) groups is 3. The van der Waals surface area contributed by atoms with Crippen LogP contribution in [-0.4, -0.2) is 40.8 Å². The highest BCUT2D eigenvalue weighted by atomic mass is 32.1. The Morgan fingerprint density at radius 1 is 1.09 bits per heavy atom. The Balaban J connectivity index is 1.51. The second kappa shape index (κ2) is 11.2. The van der Waals surface area contributed by atoms with Crippen LogP contribution in [0.1, 0.15) is 46.4 Å². The summed E-state index contributed by atoms with van der Waals surface area (Å²) in [6.45, 7) is 0.188. The van der Waals surface area contributed by atoms with Crippen LogP contribution in [0, 0.1) is 0 Å². The number of imidazole rings is 1. The molecule has 0 aliphatic heterocycles. The smallest absolute Gasteiger partial charge is 0.222 e. The molecule has 0 spiro atoms. The van der Waals surface area contributed by atoms with Gasteiger partial charge in [0, 0.05) is 45.2 Å². The average Bonchev–Trinajstić information content (AvgIpc) is 3.48. The maximum Gasteiger partial charge on any atom is 0.222 e. The molecular formula is C23H26N4O4S. The predicted molar refractivity (Wildman–Crippen MR) is 122 cm³/mol. The monoisotopic (exact) mass is 454 g/mol. The quantitative estimate of drug-likeness (QED) is 0.434. The summed E-state index contributed by atoms with van der Waals surface area (Å²) in [7, 11) is 3.46. The van der Waals surface area contributed by atoms with Crippen molar-refractivity contribution in [3.05, 3.63) is 70.4 Å². The van der Waals surface area contributed by atoms with Crippen molar-refractivity contribution >= 4 is 28.9 Å². The highest BCUT2D eigenvalue weighted by Gasteiger charge is 2.21. The molecule has 0 bridgehead atoms. The number of Topliss-reactive ketones (excluding diaryl/α,β-unsaturated/α-hetero) is 1. The molecule has 8 nitrogen and oxygen atoms in total. The van der Waals surface area contributed by atoms with E-state index in [-0.39, 0.29) is 43.4 Å². The van der Waals surface area contributed by atoms with Crippen molar-refractivity contribution < 1.29 is 19.1 Å². The van der Waals surface area contributed by atoms with Crippen LogP contribution >= 0.6 is 11.3 Å². The van der Waals surface area contributed by atoms with Gasteiger partial charge in [-0.15, -0.1) is 11.3 Å². The molecule has 32 heavy (non-hydrogen) atoms. The molecule has 2 N–H and O–H groups in total. The van der Waals surface area contributed by atoms with Gasteiger partial charge in [0.15, 0.2) is 5.78 Å². The fourth-order valence-corrected chi connectivity index (χ4v) is 3.87. The van der Waals surface area contributed by atoms with Gasteiger partial charge < -0.3 is 19.9 Å². The van der Waals surface area contributed by atoms with E-state index in [0.29, 0.717) is 10.7 Å². The van der Waals surface area contributed by atoms with Gasteiger partial charge in [0.05, 0.1) is 12.0 Å². The highest BCUT2D eigenvalue weighted by Crippen LogP contribution is 2.23. The van der Waals surface area contributed by atoms with Gasteiger partial charge in [-0.05, 0) is 29.1 Å². The Bertz CT molecular complexity index is 1040. The molecule has 2 aromatic heterocycles. The molecule has 2 heterocycles. The summed E-state index contributed by atoms with van der Waals surface area (Å²) in [5, 5.41) is 7.52. The summed E-state index contributed by atoms with van der Waals surface area (Å²) < 4.78 is 7.06. The van der Waals surface area contributed by atoms with Crippen molar-refractivity contribution in [2.45, 2.75) is 25.3 Å². The third-order valence-corrected chi connectivity index (χ3v) is 5.83. The van der Waals surface area contributed by atoms with E-state index in [9.17, 15) is 14.4 Å². The lowest BCUT2D eigenvalue weighted by Crippen LogP contribution is -2.34. The zero-order chi connectivity index (χ0) is 22.9. The Hall–Kier alpha value is -3.46. The Labute approximate surface area is 190 Å². The number of nitrogens with zero attached hydrogens (tertiary/aromatic N) is 2. The van der Waals surface area contributed by atoms with Crippen molar-refractivity contribution in [3.63, 3.8) is 0 Å². The number of ether oxygens (including phenoxy) is 1. The van der Waals surface area contributed by atoms with Gasteiger partial charge in [0.1, 0.15) is 17.6 Å². The highest BCUT2D eigenvalue weighted by molar-refractivity contribution is 7.12. The van der Waals surface area contributed by atoms with Crippen molar-refractivity contribution in [2.24, 2.45) is 7.05 Å². The van der Waals surface area contributed by atoms with E-state index in [0.717, 1.165) is 11.3 Å². The minimum atomic E-state index is -0.437. The van der Waals surface area contributed by atoms with Gasteiger partial charge in [0.25, 0.3) is 0 Å². The van der Waals surface area contributed by atoms with Crippen LogP contribution in [0.5, 0.6) is 5.75 Å². The molecule has 0 saturated heterocycles. The normalized spacial score (nSPS) is 11.6. The molecule has 1 unspecified atom stereocenters. The molecule has 0 fully saturated rings. The first kappa shape index (κ1) is 23.2. The number of hydrogen-bond acceptors (Lipinski definition) is 6. The maximum absolute atomic E-state index is 12.6. The lowest BCUT2D eigenvalue weighted by molar-refractivity contribution is -0.122. The summed E-state index contributed by atoms with van der Waals surface area (Å²) in [6.07, 6.45) is 3.85. The number of methoxy groups -OCH3 is 1. The number of ketones is 1. The second-order valence-corrected chi connectivity index (χ2v) is 8.12. The van der Waals surface area contributed by atoms with E-state index >= 15 is 0 Å². The molecular weight excluding hydrogens is 428 g/mol. The number of rotatable bonds is 11. The number of nitrogens with one attached hydrogen (secondary N) is 2. The predicted octanol–water partition coefficient (Wildman–Crippen LogP) is 2.87. The van der Waals surface area contributed by atoms with Crippen LogP contribution in [-0.2, 0) is 16.6 Å². The summed E-state index contributed by atoms with van der Waals surface area (Å²) >= 11 is 1.36. The van der Waals surface area contributed by atoms with E-state index < -0.39 is 6.04 Å². The standard InChI is InChI=1S/C23H26N4O4S/c1-27-14-13-25-23(27)22(16-5-7-17(31-2)8-6-16)26-21(30)11-12-24-20(29)10-9-18(28)19-4-3-15-32-19/h3-8,13-15,22H,9-12H2,1-2H3,(H,24,29)(H,26,30). The van der Waals surface area contributed by atoms with Gasteiger partial charge >= 0.3 is 0 Å².